The second kappa shape index (κ2) is 5.33. The summed E-state index contributed by atoms with van der Waals surface area (Å²) in [4.78, 5) is 0. The van der Waals surface area contributed by atoms with Gasteiger partial charge in [0.15, 0.2) is 12.4 Å². The minimum absolute atomic E-state index is 0. The number of benzene rings is 1. The lowest BCUT2D eigenvalue weighted by molar-refractivity contribution is -0.671. The van der Waals surface area contributed by atoms with Gasteiger partial charge in [-0.1, -0.05) is 0 Å². The van der Waals surface area contributed by atoms with Crippen molar-refractivity contribution >= 4 is 11.0 Å². The van der Waals surface area contributed by atoms with Crippen LogP contribution in [0.5, 0.6) is 0 Å². The molecule has 2 heterocycles. The van der Waals surface area contributed by atoms with E-state index in [1.54, 1.807) is 0 Å². The molecule has 19 heavy (non-hydrogen) atoms. The van der Waals surface area contributed by atoms with Gasteiger partial charge in [0.05, 0.1) is 0 Å². The zero-order chi connectivity index (χ0) is 12.7. The summed E-state index contributed by atoms with van der Waals surface area (Å²) in [6, 6.07) is 10.5. The molecule has 0 aliphatic carbocycles. The molecular formula is C16H16INO. The van der Waals surface area contributed by atoms with Gasteiger partial charge in [-0.05, 0) is 43.2 Å². The molecule has 2 nitrogen and oxygen atoms in total. The van der Waals surface area contributed by atoms with Crippen molar-refractivity contribution in [1.82, 2.24) is 0 Å². The molecule has 0 saturated carbocycles. The Hall–Kier alpha value is -1.36. The highest BCUT2D eigenvalue weighted by molar-refractivity contribution is 5.84. The van der Waals surface area contributed by atoms with Crippen molar-refractivity contribution < 1.29 is 33.0 Å². The molecule has 3 rings (SSSR count). The zero-order valence-corrected chi connectivity index (χ0v) is 13.4. The van der Waals surface area contributed by atoms with Gasteiger partial charge >= 0.3 is 0 Å². The minimum atomic E-state index is 0. The highest BCUT2D eigenvalue weighted by atomic mass is 127. The highest BCUT2D eigenvalue weighted by Crippen LogP contribution is 2.29. The van der Waals surface area contributed by atoms with Gasteiger partial charge < -0.3 is 28.4 Å². The van der Waals surface area contributed by atoms with E-state index in [2.05, 4.69) is 44.2 Å². The van der Waals surface area contributed by atoms with Gasteiger partial charge in [-0.25, -0.2) is 4.57 Å². The lowest BCUT2D eigenvalue weighted by Gasteiger charge is -1.97. The van der Waals surface area contributed by atoms with Gasteiger partial charge in [0.1, 0.15) is 18.4 Å². The van der Waals surface area contributed by atoms with Crippen LogP contribution in [-0.4, -0.2) is 0 Å². The van der Waals surface area contributed by atoms with E-state index >= 15 is 0 Å². The molecule has 0 saturated heterocycles. The number of nitrogens with zero attached hydrogens (tertiary/aromatic N) is 1. The third-order valence-electron chi connectivity index (χ3n) is 3.40. The van der Waals surface area contributed by atoms with Crippen LogP contribution in [0.4, 0.5) is 0 Å². The van der Waals surface area contributed by atoms with Gasteiger partial charge in [0.25, 0.3) is 0 Å². The van der Waals surface area contributed by atoms with E-state index in [4.69, 9.17) is 4.42 Å². The van der Waals surface area contributed by atoms with Crippen LogP contribution in [0.1, 0.15) is 11.1 Å². The SMILES string of the molecule is Cc1cc2cc(-c3cc[n+](C)cc3)oc2cc1C.[I-]. The Labute approximate surface area is 130 Å². The summed E-state index contributed by atoms with van der Waals surface area (Å²) in [5, 5.41) is 1.17. The lowest BCUT2D eigenvalue weighted by atomic mass is 10.1. The smallest absolute Gasteiger partial charge is 0.169 e. The maximum Gasteiger partial charge on any atom is 0.169 e. The molecule has 0 N–H and O–H groups in total. The Morgan fingerprint density at radius 1 is 0.947 bits per heavy atom. The van der Waals surface area contributed by atoms with Crippen molar-refractivity contribution in [3.63, 3.8) is 0 Å². The van der Waals surface area contributed by atoms with Crippen LogP contribution in [-0.2, 0) is 7.05 Å². The standard InChI is InChI=1S/C16H16NO.HI/c1-11-8-14-10-16(18-15(14)9-12(11)2)13-4-6-17(3)7-5-13;/h4-10H,1-3H3;1H/q+1;/p-1. The lowest BCUT2D eigenvalue weighted by Crippen LogP contribution is -3.00. The predicted octanol–water partition coefficient (Wildman–Crippen LogP) is 0.545. The molecule has 0 atom stereocenters. The average molecular weight is 365 g/mol. The average Bonchev–Trinajstić information content (AvgIpc) is 2.73. The Balaban J connectivity index is 0.00000133. The van der Waals surface area contributed by atoms with Crippen LogP contribution < -0.4 is 28.5 Å². The van der Waals surface area contributed by atoms with Crippen molar-refractivity contribution in [1.29, 1.82) is 0 Å². The maximum atomic E-state index is 5.92. The number of aryl methyl sites for hydroxylation is 3. The Kier molecular flexibility index (Phi) is 3.94. The summed E-state index contributed by atoms with van der Waals surface area (Å²) in [5.41, 5.74) is 4.64. The summed E-state index contributed by atoms with van der Waals surface area (Å²) < 4.78 is 7.93. The van der Waals surface area contributed by atoms with Crippen LogP contribution in [0.15, 0.2) is 47.1 Å². The first kappa shape index (κ1) is 14.1. The fourth-order valence-electron chi connectivity index (χ4n) is 2.11. The summed E-state index contributed by atoms with van der Waals surface area (Å²) in [5.74, 6) is 0.926. The first-order valence-corrected chi connectivity index (χ1v) is 6.10. The molecule has 0 fully saturated rings. The van der Waals surface area contributed by atoms with Crippen molar-refractivity contribution in [2.24, 2.45) is 7.05 Å². The van der Waals surface area contributed by atoms with Crippen molar-refractivity contribution in [2.45, 2.75) is 13.8 Å². The van der Waals surface area contributed by atoms with Crippen molar-refractivity contribution in [3.8, 4) is 11.3 Å². The fourth-order valence-corrected chi connectivity index (χ4v) is 2.11. The normalized spacial score (nSPS) is 10.5. The van der Waals surface area contributed by atoms with E-state index < -0.39 is 0 Å². The van der Waals surface area contributed by atoms with Crippen molar-refractivity contribution in [2.75, 3.05) is 0 Å². The number of halogens is 1. The Morgan fingerprint density at radius 2 is 1.58 bits per heavy atom. The van der Waals surface area contributed by atoms with Gasteiger partial charge in [-0.3, -0.25) is 0 Å². The molecular weight excluding hydrogens is 349 g/mol. The highest BCUT2D eigenvalue weighted by Gasteiger charge is 2.08. The molecule has 0 amide bonds. The van der Waals surface area contributed by atoms with Crippen LogP contribution in [0.2, 0.25) is 0 Å². The summed E-state index contributed by atoms with van der Waals surface area (Å²) in [6.45, 7) is 4.24. The first-order valence-electron chi connectivity index (χ1n) is 6.10. The quantitative estimate of drug-likeness (QED) is 0.455. The van der Waals surface area contributed by atoms with Gasteiger partial charge in [-0.15, -0.1) is 0 Å². The number of pyridine rings is 1. The number of aromatic nitrogens is 1. The fraction of sp³-hybridized carbons (Fsp3) is 0.188. The molecule has 0 aliphatic heterocycles. The first-order chi connectivity index (χ1) is 8.63. The third-order valence-corrected chi connectivity index (χ3v) is 3.40. The van der Waals surface area contributed by atoms with E-state index in [1.165, 1.54) is 16.5 Å². The van der Waals surface area contributed by atoms with Crippen LogP contribution >= 0.6 is 0 Å². The van der Waals surface area contributed by atoms with E-state index in [1.807, 2.05) is 24.0 Å². The second-order valence-corrected chi connectivity index (χ2v) is 4.84. The summed E-state index contributed by atoms with van der Waals surface area (Å²) in [7, 11) is 2.01. The van der Waals surface area contributed by atoms with Gasteiger partial charge in [0, 0.05) is 23.1 Å². The summed E-state index contributed by atoms with van der Waals surface area (Å²) in [6.07, 6.45) is 4.05. The predicted molar refractivity (Wildman–Crippen MR) is 72.3 cm³/mol. The van der Waals surface area contributed by atoms with E-state index in [9.17, 15) is 0 Å². The Morgan fingerprint density at radius 3 is 2.26 bits per heavy atom. The minimum Gasteiger partial charge on any atom is -1.00 e. The van der Waals surface area contributed by atoms with Crippen LogP contribution in [0.3, 0.4) is 0 Å². The number of hydrogen-bond acceptors (Lipinski definition) is 1. The monoisotopic (exact) mass is 365 g/mol. The third kappa shape index (κ3) is 2.66. The molecule has 1 aromatic carbocycles. The number of hydrogen-bond donors (Lipinski definition) is 0. The van der Waals surface area contributed by atoms with Crippen LogP contribution in [0.25, 0.3) is 22.3 Å². The molecule has 0 unspecified atom stereocenters. The van der Waals surface area contributed by atoms with Crippen molar-refractivity contribution in [3.05, 3.63) is 53.9 Å². The van der Waals surface area contributed by atoms with E-state index in [0.29, 0.717) is 0 Å². The second-order valence-electron chi connectivity index (χ2n) is 4.84. The molecule has 3 aromatic rings. The number of furan rings is 1. The van der Waals surface area contributed by atoms with Crippen LogP contribution in [0, 0.1) is 13.8 Å². The molecule has 3 heteroatoms. The largest absolute Gasteiger partial charge is 1.00 e. The van der Waals surface area contributed by atoms with E-state index in [0.717, 1.165) is 16.9 Å². The number of fused-ring (bicyclic) bond motifs is 1. The topological polar surface area (TPSA) is 17.0 Å². The molecule has 0 aliphatic rings. The van der Waals surface area contributed by atoms with Gasteiger partial charge in [-0.2, -0.15) is 0 Å². The maximum absolute atomic E-state index is 5.92. The molecule has 2 aromatic heterocycles. The molecule has 0 bridgehead atoms. The molecule has 0 radical (unpaired) electrons. The van der Waals surface area contributed by atoms with E-state index in [-0.39, 0.29) is 24.0 Å². The zero-order valence-electron chi connectivity index (χ0n) is 11.3. The molecule has 98 valence electrons. The Bertz CT molecular complexity index is 674. The number of rotatable bonds is 1. The summed E-state index contributed by atoms with van der Waals surface area (Å²) >= 11 is 0. The molecule has 0 spiro atoms. The van der Waals surface area contributed by atoms with Gasteiger partial charge in [0.2, 0.25) is 0 Å².